The number of rotatable bonds is 10. The molecule has 1 aliphatic rings. The number of imide groups is 2. The van der Waals surface area contributed by atoms with Crippen molar-refractivity contribution in [3.63, 3.8) is 0 Å². The van der Waals surface area contributed by atoms with Crippen LogP contribution < -0.4 is 19.5 Å². The molecule has 1 saturated heterocycles. The van der Waals surface area contributed by atoms with Crippen molar-refractivity contribution < 1.29 is 28.6 Å². The molecule has 1 heterocycles. The van der Waals surface area contributed by atoms with Crippen LogP contribution in [0, 0.1) is 0 Å². The molecule has 0 saturated carbocycles. The maximum Gasteiger partial charge on any atom is 0.331 e. The molecule has 1 fully saturated rings. The van der Waals surface area contributed by atoms with Crippen LogP contribution in [0.3, 0.4) is 0 Å². The number of benzene rings is 4. The number of nitrogens with zero attached hydrogens (tertiary/aromatic N) is 1. The lowest BCUT2D eigenvalue weighted by Gasteiger charge is -2.26. The van der Waals surface area contributed by atoms with E-state index in [0.717, 1.165) is 27.7 Å². The smallest absolute Gasteiger partial charge is 0.331 e. The first-order valence-electron chi connectivity index (χ1n) is 13.3. The Morgan fingerprint density at radius 3 is 2.49 bits per heavy atom. The van der Waals surface area contributed by atoms with Gasteiger partial charge in [0.2, 0.25) is 0 Å². The molecular weight excluding hydrogens is 520 g/mol. The number of carbonyl (C=O) groups excluding carboxylic acids is 3. The number of nitrogens with one attached hydrogen (secondary N) is 1. The van der Waals surface area contributed by atoms with Gasteiger partial charge in [-0.25, -0.2) is 4.79 Å². The molecule has 8 heteroatoms. The largest absolute Gasteiger partial charge is 0.493 e. The molecule has 5 rings (SSSR count). The maximum absolute atomic E-state index is 13.3. The summed E-state index contributed by atoms with van der Waals surface area (Å²) in [6.45, 7) is 2.85. The Morgan fingerprint density at radius 2 is 1.66 bits per heavy atom. The molecule has 8 nitrogen and oxygen atoms in total. The van der Waals surface area contributed by atoms with Crippen LogP contribution >= 0.6 is 0 Å². The third-order valence-electron chi connectivity index (χ3n) is 6.66. The minimum absolute atomic E-state index is 0.0477. The fourth-order valence-corrected chi connectivity index (χ4v) is 4.60. The minimum Gasteiger partial charge on any atom is -0.493 e. The van der Waals surface area contributed by atoms with Crippen LogP contribution in [0.4, 0.5) is 4.79 Å². The number of methoxy groups -OCH3 is 1. The van der Waals surface area contributed by atoms with E-state index in [0.29, 0.717) is 41.6 Å². The van der Waals surface area contributed by atoms with Gasteiger partial charge in [0.05, 0.1) is 20.3 Å². The van der Waals surface area contributed by atoms with Crippen LogP contribution in [0.15, 0.2) is 90.5 Å². The van der Waals surface area contributed by atoms with E-state index < -0.39 is 17.8 Å². The van der Waals surface area contributed by atoms with Gasteiger partial charge in [-0.05, 0) is 64.2 Å². The van der Waals surface area contributed by atoms with Crippen molar-refractivity contribution >= 4 is 34.7 Å². The summed E-state index contributed by atoms with van der Waals surface area (Å²) in [4.78, 5) is 39.6. The molecule has 4 aromatic carbocycles. The van der Waals surface area contributed by atoms with Crippen LogP contribution in [-0.4, -0.2) is 36.5 Å². The number of carbonyl (C=O) groups is 3. The van der Waals surface area contributed by atoms with Crippen molar-refractivity contribution in [1.82, 2.24) is 10.2 Å². The van der Waals surface area contributed by atoms with Gasteiger partial charge in [-0.15, -0.1) is 0 Å². The highest BCUT2D eigenvalue weighted by atomic mass is 16.5. The summed E-state index contributed by atoms with van der Waals surface area (Å²) >= 11 is 0. The Morgan fingerprint density at radius 1 is 0.854 bits per heavy atom. The van der Waals surface area contributed by atoms with Crippen molar-refractivity contribution in [2.75, 3.05) is 13.7 Å². The van der Waals surface area contributed by atoms with E-state index in [1.807, 2.05) is 37.3 Å². The van der Waals surface area contributed by atoms with E-state index in [1.165, 1.54) is 13.2 Å². The molecule has 41 heavy (non-hydrogen) atoms. The van der Waals surface area contributed by atoms with Gasteiger partial charge in [0.25, 0.3) is 11.8 Å². The SMILES string of the molecule is CCCOc1ccc(CN2C(=O)NC(=O)/C(=C/c3cccc(OCc4cccc5ccccc45)c3)C2=O)cc1OC. The number of amides is 4. The maximum atomic E-state index is 13.3. The summed E-state index contributed by atoms with van der Waals surface area (Å²) < 4.78 is 17.2. The Labute approximate surface area is 238 Å². The Hall–Kier alpha value is -5.11. The highest BCUT2D eigenvalue weighted by Gasteiger charge is 2.35. The molecule has 1 aliphatic heterocycles. The van der Waals surface area contributed by atoms with E-state index in [9.17, 15) is 14.4 Å². The molecule has 0 unspecified atom stereocenters. The van der Waals surface area contributed by atoms with Gasteiger partial charge in [-0.2, -0.15) is 0 Å². The monoisotopic (exact) mass is 550 g/mol. The van der Waals surface area contributed by atoms with Crippen molar-refractivity contribution in [2.45, 2.75) is 26.5 Å². The summed E-state index contributed by atoms with van der Waals surface area (Å²) in [7, 11) is 1.52. The number of ether oxygens (including phenoxy) is 3. The summed E-state index contributed by atoms with van der Waals surface area (Å²) in [5, 5.41) is 4.51. The molecule has 0 aliphatic carbocycles. The van der Waals surface area contributed by atoms with Crippen LogP contribution in [0.25, 0.3) is 16.8 Å². The number of fused-ring (bicyclic) bond motifs is 1. The van der Waals surface area contributed by atoms with Gasteiger partial charge < -0.3 is 14.2 Å². The third kappa shape index (κ3) is 6.22. The van der Waals surface area contributed by atoms with Gasteiger partial charge in [0, 0.05) is 0 Å². The van der Waals surface area contributed by atoms with Crippen molar-refractivity contribution in [2.24, 2.45) is 0 Å². The zero-order valence-electron chi connectivity index (χ0n) is 22.9. The van der Waals surface area contributed by atoms with Crippen molar-refractivity contribution in [3.05, 3.63) is 107 Å². The fraction of sp³-hybridized carbons (Fsp3) is 0.182. The fourth-order valence-electron chi connectivity index (χ4n) is 4.60. The molecular formula is C33H30N2O6. The average Bonchev–Trinajstić information content (AvgIpc) is 2.99. The predicted molar refractivity (Wildman–Crippen MR) is 156 cm³/mol. The van der Waals surface area contributed by atoms with E-state index in [2.05, 4.69) is 23.5 Å². The number of urea groups is 1. The Bertz CT molecular complexity index is 1640. The summed E-state index contributed by atoms with van der Waals surface area (Å²) in [6.07, 6.45) is 2.31. The topological polar surface area (TPSA) is 94.2 Å². The van der Waals surface area contributed by atoms with Gasteiger partial charge in [-0.3, -0.25) is 19.8 Å². The zero-order valence-corrected chi connectivity index (χ0v) is 22.9. The molecule has 0 aromatic heterocycles. The molecule has 1 N–H and O–H groups in total. The molecule has 0 radical (unpaired) electrons. The molecule has 4 aromatic rings. The number of hydrogen-bond donors (Lipinski definition) is 1. The third-order valence-corrected chi connectivity index (χ3v) is 6.66. The minimum atomic E-state index is -0.783. The lowest BCUT2D eigenvalue weighted by Crippen LogP contribution is -2.53. The molecule has 0 bridgehead atoms. The molecule has 4 amide bonds. The number of hydrogen-bond acceptors (Lipinski definition) is 6. The van der Waals surface area contributed by atoms with Gasteiger partial charge in [0.1, 0.15) is 17.9 Å². The van der Waals surface area contributed by atoms with Crippen LogP contribution in [0.1, 0.15) is 30.0 Å². The molecule has 0 atom stereocenters. The first-order chi connectivity index (χ1) is 20.0. The summed E-state index contributed by atoms with van der Waals surface area (Å²) in [5.74, 6) is 0.213. The van der Waals surface area contributed by atoms with Gasteiger partial charge in [0.15, 0.2) is 11.5 Å². The van der Waals surface area contributed by atoms with Crippen molar-refractivity contribution in [1.29, 1.82) is 0 Å². The van der Waals surface area contributed by atoms with Crippen LogP contribution in [0.2, 0.25) is 0 Å². The van der Waals surface area contributed by atoms with Gasteiger partial charge in [-0.1, -0.05) is 67.6 Å². The Balaban J connectivity index is 1.33. The second kappa shape index (κ2) is 12.4. The van der Waals surface area contributed by atoms with E-state index in [4.69, 9.17) is 14.2 Å². The van der Waals surface area contributed by atoms with Crippen LogP contribution in [0.5, 0.6) is 17.2 Å². The Kier molecular flexibility index (Phi) is 8.29. The standard InChI is InChI=1S/C33H30N2O6/c1-3-16-40-29-15-14-23(19-30(29)39-2)20-35-32(37)28(31(36)34-33(35)38)18-22-8-6-12-26(17-22)41-21-25-11-7-10-24-9-4-5-13-27(24)25/h4-15,17-19H,3,16,20-21H2,1-2H3,(H,34,36,38)/b28-18-. The molecule has 0 spiro atoms. The highest BCUT2D eigenvalue weighted by molar-refractivity contribution is 6.31. The summed E-state index contributed by atoms with van der Waals surface area (Å²) in [5.41, 5.74) is 2.13. The summed E-state index contributed by atoms with van der Waals surface area (Å²) in [6, 6.07) is 25.7. The average molecular weight is 551 g/mol. The normalized spacial score (nSPS) is 14.3. The zero-order chi connectivity index (χ0) is 28.8. The second-order valence-electron chi connectivity index (χ2n) is 9.54. The van der Waals surface area contributed by atoms with Crippen molar-refractivity contribution in [3.8, 4) is 17.2 Å². The highest BCUT2D eigenvalue weighted by Crippen LogP contribution is 2.29. The van der Waals surface area contributed by atoms with E-state index in [1.54, 1.807) is 36.4 Å². The lowest BCUT2D eigenvalue weighted by atomic mass is 10.1. The molecule has 208 valence electrons. The quantitative estimate of drug-likeness (QED) is 0.196. The lowest BCUT2D eigenvalue weighted by molar-refractivity contribution is -0.130. The predicted octanol–water partition coefficient (Wildman–Crippen LogP) is 5.88. The van der Waals surface area contributed by atoms with E-state index >= 15 is 0 Å². The second-order valence-corrected chi connectivity index (χ2v) is 9.54. The number of barbiturate groups is 1. The van der Waals surface area contributed by atoms with Gasteiger partial charge >= 0.3 is 6.03 Å². The first-order valence-corrected chi connectivity index (χ1v) is 13.3. The van der Waals surface area contributed by atoms with E-state index in [-0.39, 0.29) is 12.1 Å². The van der Waals surface area contributed by atoms with Crippen LogP contribution in [-0.2, 0) is 22.7 Å². The first kappa shape index (κ1) is 27.5.